The highest BCUT2D eigenvalue weighted by atomic mass is 32.2. The number of methoxy groups -OCH3 is 1. The highest BCUT2D eigenvalue weighted by Gasteiger charge is 2.21. The van der Waals surface area contributed by atoms with E-state index >= 15 is 0 Å². The topological polar surface area (TPSA) is 77.4 Å². The smallest absolute Gasteiger partial charge is 0.307 e. The van der Waals surface area contributed by atoms with Gasteiger partial charge in [-0.2, -0.15) is 0 Å². The number of nitrogens with zero attached hydrogens (tertiary/aromatic N) is 1. The number of hydrogen-bond acceptors (Lipinski definition) is 5. The van der Waals surface area contributed by atoms with Gasteiger partial charge in [0, 0.05) is 7.05 Å². The Bertz CT molecular complexity index is 1170. The minimum atomic E-state index is -3.78. The van der Waals surface area contributed by atoms with Gasteiger partial charge in [-0.25, -0.2) is 8.42 Å². The van der Waals surface area contributed by atoms with Crippen LogP contribution in [0.1, 0.15) is 30.9 Å². The van der Waals surface area contributed by atoms with Crippen LogP contribution in [0, 0.1) is 6.92 Å². The Morgan fingerprint density at radius 1 is 1.19 bits per heavy atom. The molecule has 6 nitrogen and oxygen atoms in total. The molecular formula is C19H22N2O4S2. The minimum Gasteiger partial charge on any atom is -0.496 e. The van der Waals surface area contributed by atoms with Crippen molar-refractivity contribution in [2.45, 2.75) is 31.6 Å². The average molecular weight is 407 g/mol. The number of aromatic nitrogens is 1. The molecule has 0 aliphatic heterocycles. The van der Waals surface area contributed by atoms with Gasteiger partial charge < -0.3 is 9.30 Å². The second-order valence-electron chi connectivity index (χ2n) is 6.73. The largest absolute Gasteiger partial charge is 0.496 e. The van der Waals surface area contributed by atoms with E-state index < -0.39 is 10.0 Å². The Morgan fingerprint density at radius 3 is 2.52 bits per heavy atom. The molecule has 0 aliphatic rings. The van der Waals surface area contributed by atoms with E-state index in [1.54, 1.807) is 56.0 Å². The Morgan fingerprint density at radius 2 is 1.89 bits per heavy atom. The van der Waals surface area contributed by atoms with Gasteiger partial charge in [0.25, 0.3) is 10.0 Å². The second kappa shape index (κ2) is 7.01. The molecule has 0 atom stereocenters. The Hall–Kier alpha value is -2.32. The first kappa shape index (κ1) is 19.4. The molecule has 144 valence electrons. The quantitative estimate of drug-likeness (QED) is 0.698. The lowest BCUT2D eigenvalue weighted by Gasteiger charge is -2.17. The number of aryl methyl sites for hydroxylation is 2. The van der Waals surface area contributed by atoms with Gasteiger partial charge in [0.15, 0.2) is 0 Å². The molecule has 0 aliphatic carbocycles. The van der Waals surface area contributed by atoms with Gasteiger partial charge in [0.1, 0.15) is 5.75 Å². The van der Waals surface area contributed by atoms with Crippen molar-refractivity contribution >= 4 is 37.3 Å². The SMILES string of the molecule is COc1cc(C)c(S(=O)(=O)Nc2ccc3c(c2)sc(=O)n3C)cc1C(C)C. The Balaban J connectivity index is 2.04. The maximum atomic E-state index is 13.0. The summed E-state index contributed by atoms with van der Waals surface area (Å²) in [6, 6.07) is 8.50. The van der Waals surface area contributed by atoms with Crippen LogP contribution in [0.15, 0.2) is 40.0 Å². The van der Waals surface area contributed by atoms with Crippen molar-refractivity contribution in [1.82, 2.24) is 4.57 Å². The van der Waals surface area contributed by atoms with Gasteiger partial charge in [-0.3, -0.25) is 9.52 Å². The van der Waals surface area contributed by atoms with E-state index in [0.29, 0.717) is 17.0 Å². The summed E-state index contributed by atoms with van der Waals surface area (Å²) in [6.07, 6.45) is 0. The Kier molecular flexibility index (Phi) is 5.05. The van der Waals surface area contributed by atoms with Crippen LogP contribution in [0.5, 0.6) is 5.75 Å². The molecule has 1 N–H and O–H groups in total. The van der Waals surface area contributed by atoms with Gasteiger partial charge in [-0.1, -0.05) is 25.2 Å². The standard InChI is InChI=1S/C19H22N2O4S2/c1-11(2)14-10-18(12(3)8-16(14)25-5)27(23,24)20-13-6-7-15-17(9-13)26-19(22)21(15)4/h6-11,20H,1-5H3. The number of anilines is 1. The summed E-state index contributed by atoms with van der Waals surface area (Å²) in [4.78, 5) is 11.9. The van der Waals surface area contributed by atoms with Crippen LogP contribution < -0.4 is 14.3 Å². The normalized spacial score (nSPS) is 11.9. The van der Waals surface area contributed by atoms with Crippen LogP contribution in [0.25, 0.3) is 10.2 Å². The van der Waals surface area contributed by atoms with Crippen LogP contribution in [0.2, 0.25) is 0 Å². The number of nitrogens with one attached hydrogen (secondary N) is 1. The molecule has 3 aromatic rings. The van der Waals surface area contributed by atoms with Gasteiger partial charge >= 0.3 is 4.87 Å². The summed E-state index contributed by atoms with van der Waals surface area (Å²) in [6.45, 7) is 5.72. The van der Waals surface area contributed by atoms with Gasteiger partial charge in [0.05, 0.1) is 27.9 Å². The number of thiazole rings is 1. The third-order valence-electron chi connectivity index (χ3n) is 4.48. The molecule has 3 rings (SSSR count). The lowest BCUT2D eigenvalue weighted by molar-refractivity contribution is 0.406. The highest BCUT2D eigenvalue weighted by molar-refractivity contribution is 7.92. The molecule has 2 aromatic carbocycles. The third-order valence-corrected chi connectivity index (χ3v) is 7.00. The van der Waals surface area contributed by atoms with E-state index in [9.17, 15) is 13.2 Å². The van der Waals surface area contributed by atoms with Gasteiger partial charge in [0.2, 0.25) is 0 Å². The van der Waals surface area contributed by atoms with Crippen molar-refractivity contribution in [2.75, 3.05) is 11.8 Å². The van der Waals surface area contributed by atoms with Crippen LogP contribution in [0.4, 0.5) is 5.69 Å². The zero-order chi connectivity index (χ0) is 19.9. The molecule has 0 amide bonds. The van der Waals surface area contributed by atoms with Crippen LogP contribution in [-0.2, 0) is 17.1 Å². The predicted molar refractivity (Wildman–Crippen MR) is 110 cm³/mol. The first-order valence-corrected chi connectivity index (χ1v) is 10.7. The van der Waals surface area contributed by atoms with Crippen molar-refractivity contribution in [1.29, 1.82) is 0 Å². The molecule has 0 saturated carbocycles. The predicted octanol–water partition coefficient (Wildman–Crippen LogP) is 3.84. The zero-order valence-corrected chi connectivity index (χ0v) is 17.5. The lowest BCUT2D eigenvalue weighted by atomic mass is 10.0. The summed E-state index contributed by atoms with van der Waals surface area (Å²) in [5.41, 5.74) is 2.63. The zero-order valence-electron chi connectivity index (χ0n) is 15.9. The number of sulfonamides is 1. The van der Waals surface area contributed by atoms with E-state index in [1.165, 1.54) is 0 Å². The van der Waals surface area contributed by atoms with Crippen LogP contribution in [-0.4, -0.2) is 20.1 Å². The molecule has 0 bridgehead atoms. The van der Waals surface area contributed by atoms with Crippen molar-refractivity contribution in [3.63, 3.8) is 0 Å². The fourth-order valence-corrected chi connectivity index (χ4v) is 5.23. The number of hydrogen-bond donors (Lipinski definition) is 1. The van der Waals surface area contributed by atoms with Gasteiger partial charge in [-0.15, -0.1) is 0 Å². The fraction of sp³-hybridized carbons (Fsp3) is 0.316. The number of benzene rings is 2. The second-order valence-corrected chi connectivity index (χ2v) is 9.37. The monoisotopic (exact) mass is 406 g/mol. The van der Waals surface area contributed by atoms with Gasteiger partial charge in [-0.05, 0) is 54.3 Å². The van der Waals surface area contributed by atoms with E-state index in [4.69, 9.17) is 4.74 Å². The number of fused-ring (bicyclic) bond motifs is 1. The molecule has 0 fully saturated rings. The van der Waals surface area contributed by atoms with E-state index in [2.05, 4.69) is 4.72 Å². The van der Waals surface area contributed by atoms with Crippen molar-refractivity contribution in [3.05, 3.63) is 51.1 Å². The fourth-order valence-electron chi connectivity index (χ4n) is 3.00. The van der Waals surface area contributed by atoms with Crippen molar-refractivity contribution in [2.24, 2.45) is 7.05 Å². The third kappa shape index (κ3) is 3.59. The summed E-state index contributed by atoms with van der Waals surface area (Å²) in [5, 5.41) is 0. The van der Waals surface area contributed by atoms with E-state index in [-0.39, 0.29) is 15.7 Å². The lowest BCUT2D eigenvalue weighted by Crippen LogP contribution is -2.15. The molecule has 0 radical (unpaired) electrons. The maximum Gasteiger partial charge on any atom is 0.307 e. The summed E-state index contributed by atoms with van der Waals surface area (Å²) in [7, 11) is -0.512. The summed E-state index contributed by atoms with van der Waals surface area (Å²) in [5.74, 6) is 0.796. The minimum absolute atomic E-state index is 0.0856. The first-order chi connectivity index (χ1) is 12.6. The molecule has 0 unspecified atom stereocenters. The molecule has 1 heterocycles. The van der Waals surface area contributed by atoms with Crippen LogP contribution >= 0.6 is 11.3 Å². The molecule has 27 heavy (non-hydrogen) atoms. The van der Waals surface area contributed by atoms with Crippen molar-refractivity contribution in [3.8, 4) is 5.75 Å². The molecule has 0 saturated heterocycles. The number of ether oxygens (including phenoxy) is 1. The van der Waals surface area contributed by atoms with Crippen molar-refractivity contribution < 1.29 is 13.2 Å². The molecule has 8 heteroatoms. The summed E-state index contributed by atoms with van der Waals surface area (Å²) < 4.78 is 36.3. The maximum absolute atomic E-state index is 13.0. The summed E-state index contributed by atoms with van der Waals surface area (Å²) >= 11 is 1.09. The molecule has 1 aromatic heterocycles. The van der Waals surface area contributed by atoms with E-state index in [0.717, 1.165) is 27.1 Å². The first-order valence-electron chi connectivity index (χ1n) is 8.45. The Labute approximate surface area is 162 Å². The molecule has 0 spiro atoms. The highest BCUT2D eigenvalue weighted by Crippen LogP contribution is 2.32. The molecular weight excluding hydrogens is 384 g/mol. The van der Waals surface area contributed by atoms with E-state index in [1.807, 2.05) is 13.8 Å². The average Bonchev–Trinajstić information content (AvgIpc) is 2.87. The van der Waals surface area contributed by atoms with Crippen LogP contribution in [0.3, 0.4) is 0 Å². The number of rotatable bonds is 5.